The van der Waals surface area contributed by atoms with Crippen LogP contribution < -0.4 is 4.74 Å². The predicted molar refractivity (Wildman–Crippen MR) is 126 cm³/mol. The van der Waals surface area contributed by atoms with Gasteiger partial charge in [0.1, 0.15) is 27.7 Å². The fraction of sp³-hybridized carbons (Fsp3) is 0.259. The molecule has 0 aliphatic heterocycles. The number of hydrogen-bond acceptors (Lipinski definition) is 5. The van der Waals surface area contributed by atoms with Crippen molar-refractivity contribution in [1.82, 2.24) is 0 Å². The molecule has 4 rings (SSSR count). The van der Waals surface area contributed by atoms with Crippen LogP contribution in [-0.4, -0.2) is 24.2 Å². The van der Waals surface area contributed by atoms with Crippen LogP contribution in [0.2, 0.25) is 0 Å². The molecule has 33 heavy (non-hydrogen) atoms. The first-order valence-electron chi connectivity index (χ1n) is 10.9. The summed E-state index contributed by atoms with van der Waals surface area (Å²) < 4.78 is 31.5. The lowest BCUT2D eigenvalue weighted by atomic mass is 9.85. The molecule has 0 heterocycles. The van der Waals surface area contributed by atoms with Gasteiger partial charge in [-0.3, -0.25) is 0 Å². The number of para-hydroxylation sites is 1. The molecular weight excluding hydrogens is 436 g/mol. The third-order valence-corrected chi connectivity index (χ3v) is 7.63. The molecule has 0 aromatic heterocycles. The maximum atomic E-state index is 12.8. The van der Waals surface area contributed by atoms with E-state index in [0.29, 0.717) is 11.5 Å². The number of phenols is 1. The first kappa shape index (κ1) is 22.9. The number of phenolic OH excluding ortho intramolecular Hbond substituents is 1. The Bertz CT molecular complexity index is 1310. The third-order valence-electron chi connectivity index (χ3n) is 5.81. The largest absolute Gasteiger partial charge is 0.507 e. The van der Waals surface area contributed by atoms with Crippen molar-refractivity contribution in [2.24, 2.45) is 0 Å². The van der Waals surface area contributed by atoms with Gasteiger partial charge in [-0.1, -0.05) is 30.4 Å². The van der Waals surface area contributed by atoms with Crippen molar-refractivity contribution in [3.8, 4) is 29.1 Å². The van der Waals surface area contributed by atoms with Gasteiger partial charge in [0, 0.05) is 5.56 Å². The summed E-state index contributed by atoms with van der Waals surface area (Å²) in [4.78, 5) is -0.0663. The lowest BCUT2D eigenvalue weighted by Gasteiger charge is -2.26. The molecule has 170 valence electrons. The Morgan fingerprint density at radius 3 is 2.30 bits per heavy atom. The van der Waals surface area contributed by atoms with Gasteiger partial charge in [-0.25, -0.2) is 8.42 Å². The minimum atomic E-state index is -3.84. The average molecular weight is 463 g/mol. The summed E-state index contributed by atoms with van der Waals surface area (Å²) in [7, 11) is -3.84. The lowest BCUT2D eigenvalue weighted by Crippen LogP contribution is -2.29. The third kappa shape index (κ3) is 5.22. The molecule has 0 radical (unpaired) electrons. The van der Waals surface area contributed by atoms with Crippen LogP contribution in [0.15, 0.2) is 76.5 Å². The van der Waals surface area contributed by atoms with Gasteiger partial charge in [0.25, 0.3) is 0 Å². The molecule has 2 N–H and O–H groups in total. The first-order chi connectivity index (χ1) is 15.8. The van der Waals surface area contributed by atoms with E-state index < -0.39 is 15.4 Å². The molecule has 0 spiro atoms. The summed E-state index contributed by atoms with van der Waals surface area (Å²) in [5, 5.41) is 20.5. The molecule has 1 aliphatic carbocycles. The lowest BCUT2D eigenvalue weighted by molar-refractivity contribution is 0.0610. The highest BCUT2D eigenvalue weighted by Gasteiger charge is 2.26. The van der Waals surface area contributed by atoms with Crippen molar-refractivity contribution in [3.63, 3.8) is 0 Å². The number of sulfone groups is 1. The van der Waals surface area contributed by atoms with E-state index in [0.717, 1.165) is 43.2 Å². The van der Waals surface area contributed by atoms with E-state index in [1.165, 1.54) is 24.3 Å². The molecule has 1 fully saturated rings. The van der Waals surface area contributed by atoms with Crippen LogP contribution in [0.5, 0.6) is 17.2 Å². The summed E-state index contributed by atoms with van der Waals surface area (Å²) >= 11 is 0. The summed E-state index contributed by atoms with van der Waals surface area (Å²) in [6.45, 7) is 1.91. The topological polar surface area (TPSA) is 83.8 Å². The highest BCUT2D eigenvalue weighted by Crippen LogP contribution is 2.31. The highest BCUT2D eigenvalue weighted by molar-refractivity contribution is 7.91. The van der Waals surface area contributed by atoms with E-state index in [9.17, 15) is 18.6 Å². The first-order valence-corrected chi connectivity index (χ1v) is 12.4. The standard InChI is InChI=1S/C27H26O5S/c1-20-19-21(15-18-27(29)16-5-2-6-17-27)9-14-25(20)32-22-10-12-23(13-11-22)33(30,31)26-8-4-3-7-24(26)28/h3-4,7-14,19,28-29H,2,5-6,16-17H2,1H3. The van der Waals surface area contributed by atoms with Crippen LogP contribution in [0.4, 0.5) is 0 Å². The Kier molecular flexibility index (Phi) is 6.46. The molecule has 3 aromatic carbocycles. The Hall–Kier alpha value is -3.27. The summed E-state index contributed by atoms with van der Waals surface area (Å²) in [5.41, 5.74) is 0.797. The van der Waals surface area contributed by atoms with E-state index in [1.54, 1.807) is 24.3 Å². The van der Waals surface area contributed by atoms with E-state index >= 15 is 0 Å². The smallest absolute Gasteiger partial charge is 0.210 e. The van der Waals surface area contributed by atoms with E-state index in [1.807, 2.05) is 25.1 Å². The van der Waals surface area contributed by atoms with Crippen molar-refractivity contribution in [1.29, 1.82) is 0 Å². The van der Waals surface area contributed by atoms with E-state index in [2.05, 4.69) is 11.8 Å². The Balaban J connectivity index is 1.49. The maximum Gasteiger partial charge on any atom is 0.210 e. The number of benzene rings is 3. The van der Waals surface area contributed by atoms with Crippen molar-refractivity contribution >= 4 is 9.84 Å². The van der Waals surface area contributed by atoms with Gasteiger partial charge in [-0.15, -0.1) is 0 Å². The summed E-state index contributed by atoms with van der Waals surface area (Å²) in [5.74, 6) is 6.96. The van der Waals surface area contributed by atoms with Crippen LogP contribution in [0.25, 0.3) is 0 Å². The molecule has 0 saturated heterocycles. The second kappa shape index (κ2) is 9.30. The van der Waals surface area contributed by atoms with Crippen LogP contribution in [0.3, 0.4) is 0 Å². The predicted octanol–water partition coefficient (Wildman–Crippen LogP) is 5.37. The van der Waals surface area contributed by atoms with Crippen molar-refractivity contribution in [3.05, 3.63) is 77.9 Å². The fourth-order valence-electron chi connectivity index (χ4n) is 3.92. The zero-order valence-corrected chi connectivity index (χ0v) is 19.2. The van der Waals surface area contributed by atoms with Gasteiger partial charge >= 0.3 is 0 Å². The summed E-state index contributed by atoms with van der Waals surface area (Å²) in [6, 6.07) is 17.5. The van der Waals surface area contributed by atoms with Gasteiger partial charge in [0.05, 0.1) is 4.90 Å². The van der Waals surface area contributed by atoms with Crippen LogP contribution >= 0.6 is 0 Å². The second-order valence-electron chi connectivity index (χ2n) is 8.37. The normalized spacial score (nSPS) is 15.3. The fourth-order valence-corrected chi connectivity index (χ4v) is 5.27. The molecular formula is C27H26O5S. The average Bonchev–Trinajstić information content (AvgIpc) is 2.80. The second-order valence-corrected chi connectivity index (χ2v) is 10.3. The van der Waals surface area contributed by atoms with Crippen molar-refractivity contribution in [2.75, 3.05) is 0 Å². The SMILES string of the molecule is Cc1cc(C#CC2(O)CCCCC2)ccc1Oc1ccc(S(=O)(=O)c2ccccc2O)cc1. The molecule has 0 amide bonds. The number of aliphatic hydroxyl groups is 1. The zero-order chi connectivity index (χ0) is 23.5. The van der Waals surface area contributed by atoms with Gasteiger partial charge < -0.3 is 14.9 Å². The van der Waals surface area contributed by atoms with Gasteiger partial charge in [0.15, 0.2) is 0 Å². The number of hydrogen-bond donors (Lipinski definition) is 2. The Labute approximate surface area is 194 Å². The molecule has 0 unspecified atom stereocenters. The number of aryl methyl sites for hydroxylation is 1. The maximum absolute atomic E-state index is 12.8. The zero-order valence-electron chi connectivity index (χ0n) is 18.4. The van der Waals surface area contributed by atoms with Gasteiger partial charge in [0.2, 0.25) is 9.84 Å². The van der Waals surface area contributed by atoms with E-state index in [4.69, 9.17) is 4.74 Å². The molecule has 3 aromatic rings. The minimum Gasteiger partial charge on any atom is -0.507 e. The Morgan fingerprint density at radius 2 is 1.64 bits per heavy atom. The molecule has 6 heteroatoms. The Morgan fingerprint density at radius 1 is 0.939 bits per heavy atom. The summed E-state index contributed by atoms with van der Waals surface area (Å²) in [6.07, 6.45) is 4.59. The molecule has 1 aliphatic rings. The van der Waals surface area contributed by atoms with Crippen molar-refractivity contribution < 1.29 is 23.4 Å². The molecule has 5 nitrogen and oxygen atoms in total. The quantitative estimate of drug-likeness (QED) is 0.509. The minimum absolute atomic E-state index is 0.0688. The van der Waals surface area contributed by atoms with Crippen LogP contribution in [0.1, 0.15) is 43.2 Å². The van der Waals surface area contributed by atoms with Crippen LogP contribution in [0, 0.1) is 18.8 Å². The highest BCUT2D eigenvalue weighted by atomic mass is 32.2. The monoisotopic (exact) mass is 462 g/mol. The molecule has 1 saturated carbocycles. The number of aromatic hydroxyl groups is 1. The number of rotatable bonds is 4. The van der Waals surface area contributed by atoms with Crippen molar-refractivity contribution in [2.45, 2.75) is 54.4 Å². The number of ether oxygens (including phenoxy) is 1. The van der Waals surface area contributed by atoms with Crippen LogP contribution in [-0.2, 0) is 9.84 Å². The van der Waals surface area contributed by atoms with Gasteiger partial charge in [-0.2, -0.15) is 0 Å². The van der Waals surface area contributed by atoms with E-state index in [-0.39, 0.29) is 15.5 Å². The molecule has 0 atom stereocenters. The van der Waals surface area contributed by atoms with Gasteiger partial charge in [-0.05, 0) is 92.8 Å². The molecule has 0 bridgehead atoms.